The molecule has 1 amide bonds. The van der Waals surface area contributed by atoms with Crippen LogP contribution in [0.3, 0.4) is 0 Å². The number of hydrogen-bond acceptors (Lipinski definition) is 5. The minimum atomic E-state index is -0.254. The van der Waals surface area contributed by atoms with Crippen molar-refractivity contribution in [2.45, 2.75) is 6.42 Å². The highest BCUT2D eigenvalue weighted by Gasteiger charge is 2.08. The summed E-state index contributed by atoms with van der Waals surface area (Å²) < 4.78 is 12.8. The second-order valence-corrected chi connectivity index (χ2v) is 5.51. The number of carbonyl (C=O) groups is 1. The van der Waals surface area contributed by atoms with Crippen molar-refractivity contribution in [1.82, 2.24) is 15.1 Å². The lowest BCUT2D eigenvalue weighted by Gasteiger charge is -2.09. The Hall–Kier alpha value is -2.02. The van der Waals surface area contributed by atoms with Crippen molar-refractivity contribution in [1.29, 1.82) is 0 Å². The molecule has 5 nitrogen and oxygen atoms in total. The third kappa shape index (κ3) is 3.99. The van der Waals surface area contributed by atoms with E-state index in [0.29, 0.717) is 11.6 Å². The largest absolute Gasteiger partial charge is 0.351 e. The maximum absolute atomic E-state index is 12.8. The average Bonchev–Trinajstić information content (AvgIpc) is 2.86. The summed E-state index contributed by atoms with van der Waals surface area (Å²) in [6.07, 6.45) is 0.598. The van der Waals surface area contributed by atoms with Crippen LogP contribution in [0.5, 0.6) is 0 Å². The minimum absolute atomic E-state index is 0.0275. The molecule has 1 heterocycles. The predicted octanol–water partition coefficient (Wildman–Crippen LogP) is 1.77. The molecular formula is C13H15FN4OS. The van der Waals surface area contributed by atoms with Crippen molar-refractivity contribution >= 4 is 22.4 Å². The Bertz CT molecular complexity index is 582. The fourth-order valence-electron chi connectivity index (χ4n) is 1.48. The molecule has 0 unspecified atom stereocenters. The zero-order chi connectivity index (χ0) is 14.5. The Morgan fingerprint density at radius 1 is 1.30 bits per heavy atom. The number of nitrogens with zero attached hydrogens (tertiary/aromatic N) is 3. The maximum Gasteiger partial charge on any atom is 0.241 e. The quantitative estimate of drug-likeness (QED) is 0.913. The van der Waals surface area contributed by atoms with Gasteiger partial charge < -0.3 is 10.2 Å². The zero-order valence-corrected chi connectivity index (χ0v) is 12.1. The van der Waals surface area contributed by atoms with E-state index in [1.54, 1.807) is 26.2 Å². The van der Waals surface area contributed by atoms with Crippen molar-refractivity contribution in [3.05, 3.63) is 40.7 Å². The number of benzene rings is 1. The first-order valence-corrected chi connectivity index (χ1v) is 6.87. The summed E-state index contributed by atoms with van der Waals surface area (Å²) in [5.74, 6) is -0.282. The molecule has 0 aliphatic rings. The first kappa shape index (κ1) is 14.4. The van der Waals surface area contributed by atoms with Gasteiger partial charge in [-0.05, 0) is 17.7 Å². The summed E-state index contributed by atoms with van der Waals surface area (Å²) in [5.41, 5.74) is 0.971. The zero-order valence-electron chi connectivity index (χ0n) is 11.3. The summed E-state index contributed by atoms with van der Waals surface area (Å²) in [7, 11) is 3.40. The first-order chi connectivity index (χ1) is 9.54. The highest BCUT2D eigenvalue weighted by Crippen LogP contribution is 2.18. The number of amides is 1. The van der Waals surface area contributed by atoms with E-state index in [4.69, 9.17) is 0 Å². The number of nitrogens with one attached hydrogen (secondary N) is 1. The van der Waals surface area contributed by atoms with Gasteiger partial charge in [0, 0.05) is 20.5 Å². The molecule has 0 bridgehead atoms. The summed E-state index contributed by atoms with van der Waals surface area (Å²) in [6.45, 7) is 0.193. The number of carbonyl (C=O) groups excluding carboxylic acids is 1. The lowest BCUT2D eigenvalue weighted by molar-refractivity contribution is -0.126. The van der Waals surface area contributed by atoms with Crippen LogP contribution in [0.4, 0.5) is 9.52 Å². The van der Waals surface area contributed by atoms with E-state index in [-0.39, 0.29) is 18.3 Å². The van der Waals surface area contributed by atoms with E-state index in [9.17, 15) is 9.18 Å². The molecule has 7 heteroatoms. The Balaban J connectivity index is 1.92. The normalized spacial score (nSPS) is 10.3. The monoisotopic (exact) mass is 294 g/mol. The number of likely N-dealkylation sites (N-methyl/N-ethyl adjacent to an activating group) is 1. The molecule has 0 saturated heterocycles. The summed E-state index contributed by atoms with van der Waals surface area (Å²) in [5, 5.41) is 12.4. The molecule has 0 spiro atoms. The Morgan fingerprint density at radius 3 is 2.65 bits per heavy atom. The van der Waals surface area contributed by atoms with Gasteiger partial charge >= 0.3 is 0 Å². The molecular weight excluding hydrogens is 279 g/mol. The van der Waals surface area contributed by atoms with Crippen molar-refractivity contribution in [3.63, 3.8) is 0 Å². The number of anilines is 1. The lowest BCUT2D eigenvalue weighted by Crippen LogP contribution is -2.28. The minimum Gasteiger partial charge on any atom is -0.351 e. The second-order valence-electron chi connectivity index (χ2n) is 4.45. The van der Waals surface area contributed by atoms with Crippen LogP contribution in [0.1, 0.15) is 10.6 Å². The van der Waals surface area contributed by atoms with Crippen LogP contribution in [-0.2, 0) is 11.2 Å². The van der Waals surface area contributed by atoms with Crippen LogP contribution in [0.15, 0.2) is 24.3 Å². The molecule has 1 N–H and O–H groups in total. The van der Waals surface area contributed by atoms with E-state index < -0.39 is 0 Å². The molecule has 0 radical (unpaired) electrons. The van der Waals surface area contributed by atoms with Crippen LogP contribution in [0, 0.1) is 5.82 Å². The van der Waals surface area contributed by atoms with Gasteiger partial charge in [-0.15, -0.1) is 10.2 Å². The SMILES string of the molecule is CN(C)C(=O)CNc1nnc(Cc2ccc(F)cc2)s1. The number of rotatable bonds is 5. The molecule has 0 saturated carbocycles. The van der Waals surface area contributed by atoms with Crippen LogP contribution < -0.4 is 5.32 Å². The summed E-state index contributed by atoms with van der Waals surface area (Å²) in [6, 6.07) is 6.29. The van der Waals surface area contributed by atoms with Gasteiger partial charge in [-0.25, -0.2) is 4.39 Å². The molecule has 2 aromatic rings. The van der Waals surface area contributed by atoms with Crippen molar-refractivity contribution < 1.29 is 9.18 Å². The fraction of sp³-hybridized carbons (Fsp3) is 0.308. The van der Waals surface area contributed by atoms with Gasteiger partial charge in [-0.3, -0.25) is 4.79 Å². The molecule has 1 aromatic carbocycles. The molecule has 0 aliphatic carbocycles. The maximum atomic E-state index is 12.8. The van der Waals surface area contributed by atoms with E-state index in [2.05, 4.69) is 15.5 Å². The molecule has 20 heavy (non-hydrogen) atoms. The van der Waals surface area contributed by atoms with Crippen LogP contribution in [0.2, 0.25) is 0 Å². The van der Waals surface area contributed by atoms with Crippen molar-refractivity contribution in [2.75, 3.05) is 26.0 Å². The number of aromatic nitrogens is 2. The van der Waals surface area contributed by atoms with Gasteiger partial charge in [0.2, 0.25) is 11.0 Å². The molecule has 2 rings (SSSR count). The smallest absolute Gasteiger partial charge is 0.241 e. The highest BCUT2D eigenvalue weighted by atomic mass is 32.1. The lowest BCUT2D eigenvalue weighted by atomic mass is 10.2. The Kier molecular flexibility index (Phi) is 4.62. The van der Waals surface area contributed by atoms with Gasteiger partial charge in [0.05, 0.1) is 6.54 Å². The van der Waals surface area contributed by atoms with E-state index in [0.717, 1.165) is 10.6 Å². The summed E-state index contributed by atoms with van der Waals surface area (Å²) in [4.78, 5) is 12.9. The van der Waals surface area contributed by atoms with Crippen LogP contribution in [0.25, 0.3) is 0 Å². The molecule has 1 aromatic heterocycles. The van der Waals surface area contributed by atoms with Gasteiger partial charge in [-0.2, -0.15) is 0 Å². The number of hydrogen-bond donors (Lipinski definition) is 1. The molecule has 0 atom stereocenters. The first-order valence-electron chi connectivity index (χ1n) is 6.05. The topological polar surface area (TPSA) is 58.1 Å². The van der Waals surface area contributed by atoms with E-state index in [1.165, 1.54) is 28.4 Å². The van der Waals surface area contributed by atoms with E-state index >= 15 is 0 Å². The molecule has 0 fully saturated rings. The van der Waals surface area contributed by atoms with Gasteiger partial charge in [-0.1, -0.05) is 23.5 Å². The second kappa shape index (κ2) is 6.42. The standard InChI is InChI=1S/C13H15FN4OS/c1-18(2)12(19)8-15-13-17-16-11(20-13)7-9-3-5-10(14)6-4-9/h3-6H,7-8H2,1-2H3,(H,15,17). The Labute approximate surface area is 120 Å². The van der Waals surface area contributed by atoms with Gasteiger partial charge in [0.1, 0.15) is 10.8 Å². The summed E-state index contributed by atoms with van der Waals surface area (Å²) >= 11 is 1.39. The van der Waals surface area contributed by atoms with E-state index in [1.807, 2.05) is 0 Å². The number of halogens is 1. The van der Waals surface area contributed by atoms with Gasteiger partial charge in [0.25, 0.3) is 0 Å². The third-order valence-corrected chi connectivity index (χ3v) is 3.51. The van der Waals surface area contributed by atoms with Crippen molar-refractivity contribution in [2.24, 2.45) is 0 Å². The predicted molar refractivity (Wildman–Crippen MR) is 76.3 cm³/mol. The van der Waals surface area contributed by atoms with Crippen LogP contribution >= 0.6 is 11.3 Å². The molecule has 0 aliphatic heterocycles. The van der Waals surface area contributed by atoms with Crippen LogP contribution in [-0.4, -0.2) is 41.6 Å². The third-order valence-electron chi connectivity index (χ3n) is 2.63. The average molecular weight is 294 g/mol. The highest BCUT2D eigenvalue weighted by molar-refractivity contribution is 7.15. The molecule has 106 valence electrons. The van der Waals surface area contributed by atoms with Crippen molar-refractivity contribution in [3.8, 4) is 0 Å². The fourth-order valence-corrected chi connectivity index (χ4v) is 2.25. The van der Waals surface area contributed by atoms with Gasteiger partial charge in [0.15, 0.2) is 0 Å². The Morgan fingerprint density at radius 2 is 2.00 bits per heavy atom.